The molecule has 0 fully saturated rings. The third kappa shape index (κ3) is 13.3. The first-order valence-corrected chi connectivity index (χ1v) is 15.9. The number of hydrogen-bond acceptors (Lipinski definition) is 6. The van der Waals surface area contributed by atoms with Gasteiger partial charge in [0.25, 0.3) is 0 Å². The Morgan fingerprint density at radius 2 is 0.884 bits per heavy atom. The number of carbonyl (C=O) groups is 3. The second kappa shape index (κ2) is 20.1. The summed E-state index contributed by atoms with van der Waals surface area (Å²) in [6, 6.07) is 19.3. The summed E-state index contributed by atoms with van der Waals surface area (Å²) in [5.74, 6) is 0.341. The van der Waals surface area contributed by atoms with Gasteiger partial charge in [-0.1, -0.05) is 103 Å². The lowest BCUT2D eigenvalue weighted by molar-refractivity contribution is 0.0719. The Labute approximate surface area is 256 Å². The second-order valence-electron chi connectivity index (χ2n) is 11.0. The van der Waals surface area contributed by atoms with E-state index in [2.05, 4.69) is 6.92 Å². The minimum Gasteiger partial charge on any atom is -0.494 e. The first-order chi connectivity index (χ1) is 21.1. The monoisotopic (exact) mass is 586 g/mol. The molecule has 6 heteroatoms. The van der Waals surface area contributed by atoms with Crippen molar-refractivity contribution in [3.63, 3.8) is 0 Å². The molecule has 0 saturated heterocycles. The maximum Gasteiger partial charge on any atom is 0.343 e. The molecule has 0 spiro atoms. The highest BCUT2D eigenvalue weighted by molar-refractivity contribution is 5.92. The minimum absolute atomic E-state index is 0.310. The van der Waals surface area contributed by atoms with Crippen LogP contribution in [-0.2, 0) is 0 Å². The minimum atomic E-state index is -0.547. The molecule has 0 aliphatic rings. The smallest absolute Gasteiger partial charge is 0.343 e. The van der Waals surface area contributed by atoms with Gasteiger partial charge in [0.2, 0.25) is 0 Å². The first-order valence-electron chi connectivity index (χ1n) is 15.9. The number of unbranched alkanes of at least 4 members (excludes halogenated alkanes) is 13. The van der Waals surface area contributed by atoms with Crippen LogP contribution in [0.15, 0.2) is 72.8 Å². The quantitative estimate of drug-likeness (QED) is 0.0535. The molecular formula is C37H46O6. The van der Waals surface area contributed by atoms with Crippen LogP contribution in [0, 0.1) is 0 Å². The molecule has 0 saturated carbocycles. The maximum absolute atomic E-state index is 12.6. The van der Waals surface area contributed by atoms with Crippen molar-refractivity contribution >= 4 is 18.2 Å². The van der Waals surface area contributed by atoms with E-state index in [1.165, 1.54) is 95.6 Å². The Hall–Kier alpha value is -3.93. The molecular weight excluding hydrogens is 540 g/mol. The summed E-state index contributed by atoms with van der Waals surface area (Å²) in [6.07, 6.45) is 19.3. The standard InChI is InChI=1S/C37H46O6/c1-2-3-4-5-6-7-8-9-10-11-12-13-14-15-28-41-33-22-20-32(21-23-33)37(40)43-35-26-24-34(25-27-35)42-36(39)31-18-16-30(29-38)17-19-31/h16-27,29H,2-15,28H2,1H3. The third-order valence-corrected chi connectivity index (χ3v) is 7.38. The largest absolute Gasteiger partial charge is 0.494 e. The highest BCUT2D eigenvalue weighted by Crippen LogP contribution is 2.21. The highest BCUT2D eigenvalue weighted by atomic mass is 16.5. The van der Waals surface area contributed by atoms with E-state index < -0.39 is 11.9 Å². The lowest BCUT2D eigenvalue weighted by atomic mass is 10.0. The number of carbonyl (C=O) groups excluding carboxylic acids is 3. The molecule has 230 valence electrons. The molecule has 0 atom stereocenters. The summed E-state index contributed by atoms with van der Waals surface area (Å²) in [4.78, 5) is 35.6. The lowest BCUT2D eigenvalue weighted by Gasteiger charge is -2.09. The van der Waals surface area contributed by atoms with Crippen LogP contribution in [0.5, 0.6) is 17.2 Å². The molecule has 0 heterocycles. The van der Waals surface area contributed by atoms with Crippen LogP contribution in [0.2, 0.25) is 0 Å². The molecule has 6 nitrogen and oxygen atoms in total. The number of rotatable bonds is 21. The van der Waals surface area contributed by atoms with Crippen molar-refractivity contribution in [2.24, 2.45) is 0 Å². The van der Waals surface area contributed by atoms with Gasteiger partial charge in [-0.3, -0.25) is 4.79 Å². The molecule has 3 aromatic rings. The van der Waals surface area contributed by atoms with E-state index in [1.54, 1.807) is 60.7 Å². The van der Waals surface area contributed by atoms with Gasteiger partial charge in [-0.25, -0.2) is 9.59 Å². The molecule has 0 amide bonds. The van der Waals surface area contributed by atoms with Gasteiger partial charge in [0, 0.05) is 5.56 Å². The van der Waals surface area contributed by atoms with E-state index in [0.29, 0.717) is 41.1 Å². The van der Waals surface area contributed by atoms with Crippen LogP contribution < -0.4 is 14.2 Å². The molecule has 0 radical (unpaired) electrons. The van der Waals surface area contributed by atoms with Gasteiger partial charge in [0.05, 0.1) is 17.7 Å². The molecule has 0 bridgehead atoms. The van der Waals surface area contributed by atoms with Crippen LogP contribution >= 0.6 is 0 Å². The highest BCUT2D eigenvalue weighted by Gasteiger charge is 2.11. The number of aldehydes is 1. The van der Waals surface area contributed by atoms with E-state index in [0.717, 1.165) is 12.2 Å². The zero-order valence-electron chi connectivity index (χ0n) is 25.6. The predicted molar refractivity (Wildman–Crippen MR) is 170 cm³/mol. The van der Waals surface area contributed by atoms with Crippen molar-refractivity contribution in [3.8, 4) is 17.2 Å². The van der Waals surface area contributed by atoms with Gasteiger partial charge < -0.3 is 14.2 Å². The second-order valence-corrected chi connectivity index (χ2v) is 11.0. The van der Waals surface area contributed by atoms with Crippen molar-refractivity contribution in [1.82, 2.24) is 0 Å². The zero-order chi connectivity index (χ0) is 30.5. The molecule has 0 unspecified atom stereocenters. The van der Waals surface area contributed by atoms with Gasteiger partial charge in [-0.05, 0) is 67.1 Å². The average Bonchev–Trinajstić information content (AvgIpc) is 3.04. The number of esters is 2. The summed E-state index contributed by atoms with van der Waals surface area (Å²) < 4.78 is 16.6. The fraction of sp³-hybridized carbons (Fsp3) is 0.432. The van der Waals surface area contributed by atoms with Gasteiger partial charge in [0.1, 0.15) is 23.5 Å². The molecule has 0 aliphatic heterocycles. The summed E-state index contributed by atoms with van der Waals surface area (Å²) in [5.41, 5.74) is 1.22. The number of ether oxygens (including phenoxy) is 3. The Balaban J connectivity index is 1.25. The summed E-state index contributed by atoms with van der Waals surface area (Å²) >= 11 is 0. The molecule has 43 heavy (non-hydrogen) atoms. The number of benzene rings is 3. The molecule has 0 aliphatic carbocycles. The van der Waals surface area contributed by atoms with Gasteiger partial charge in [-0.15, -0.1) is 0 Å². The fourth-order valence-electron chi connectivity index (χ4n) is 4.78. The lowest BCUT2D eigenvalue weighted by Crippen LogP contribution is -2.09. The van der Waals surface area contributed by atoms with Crippen LogP contribution in [0.25, 0.3) is 0 Å². The van der Waals surface area contributed by atoms with Crippen LogP contribution in [0.1, 0.15) is 128 Å². The topological polar surface area (TPSA) is 78.9 Å². The Morgan fingerprint density at radius 3 is 1.30 bits per heavy atom. The van der Waals surface area contributed by atoms with E-state index in [1.807, 2.05) is 0 Å². The Bertz CT molecular complexity index is 1220. The van der Waals surface area contributed by atoms with Crippen molar-refractivity contribution in [2.75, 3.05) is 6.61 Å². The molecule has 0 aromatic heterocycles. The third-order valence-electron chi connectivity index (χ3n) is 7.38. The van der Waals surface area contributed by atoms with Gasteiger partial charge >= 0.3 is 11.9 Å². The predicted octanol–water partition coefficient (Wildman–Crippen LogP) is 9.80. The van der Waals surface area contributed by atoms with E-state index in [4.69, 9.17) is 14.2 Å². The normalized spacial score (nSPS) is 10.7. The van der Waals surface area contributed by atoms with Crippen LogP contribution in [0.3, 0.4) is 0 Å². The SMILES string of the molecule is CCCCCCCCCCCCCCCCOc1ccc(C(=O)Oc2ccc(OC(=O)c3ccc(C=O)cc3)cc2)cc1. The van der Waals surface area contributed by atoms with E-state index in [-0.39, 0.29) is 0 Å². The molecule has 3 aromatic carbocycles. The van der Waals surface area contributed by atoms with Gasteiger partial charge in [-0.2, -0.15) is 0 Å². The number of hydrogen-bond donors (Lipinski definition) is 0. The molecule has 0 N–H and O–H groups in total. The average molecular weight is 587 g/mol. The van der Waals surface area contributed by atoms with Crippen LogP contribution in [0.4, 0.5) is 0 Å². The first kappa shape index (κ1) is 33.6. The zero-order valence-corrected chi connectivity index (χ0v) is 25.6. The van der Waals surface area contributed by atoms with E-state index >= 15 is 0 Å². The van der Waals surface area contributed by atoms with Crippen LogP contribution in [-0.4, -0.2) is 24.8 Å². The Morgan fingerprint density at radius 1 is 0.512 bits per heavy atom. The maximum atomic E-state index is 12.6. The van der Waals surface area contributed by atoms with Gasteiger partial charge in [0.15, 0.2) is 0 Å². The Kier molecular flexibility index (Phi) is 15.7. The summed E-state index contributed by atoms with van der Waals surface area (Å²) in [5, 5.41) is 0. The van der Waals surface area contributed by atoms with E-state index in [9.17, 15) is 14.4 Å². The fourth-order valence-corrected chi connectivity index (χ4v) is 4.78. The summed E-state index contributed by atoms with van der Waals surface area (Å²) in [6.45, 7) is 2.94. The summed E-state index contributed by atoms with van der Waals surface area (Å²) in [7, 11) is 0. The van der Waals surface area contributed by atoms with Crippen molar-refractivity contribution in [3.05, 3.63) is 89.5 Å². The molecule has 3 rings (SSSR count). The van der Waals surface area contributed by atoms with Crippen molar-refractivity contribution in [1.29, 1.82) is 0 Å². The van der Waals surface area contributed by atoms with Crippen molar-refractivity contribution < 1.29 is 28.6 Å². The van der Waals surface area contributed by atoms with Crippen molar-refractivity contribution in [2.45, 2.75) is 96.8 Å².